The van der Waals surface area contributed by atoms with Gasteiger partial charge in [0.05, 0.1) is 11.4 Å². The molecule has 71 heavy (non-hydrogen) atoms. The zero-order valence-corrected chi connectivity index (χ0v) is 43.5. The summed E-state index contributed by atoms with van der Waals surface area (Å²) in [5.74, 6) is 0.882. The van der Waals surface area contributed by atoms with Crippen molar-refractivity contribution < 1.29 is 4.42 Å². The number of para-hydroxylation sites is 2. The second kappa shape index (κ2) is 15.6. The van der Waals surface area contributed by atoms with Crippen LogP contribution in [0.5, 0.6) is 0 Å². The van der Waals surface area contributed by atoms with Gasteiger partial charge in [-0.15, -0.1) is 0 Å². The maximum Gasteiger partial charge on any atom is 0.337 e. The fourth-order valence-electron chi connectivity index (χ4n) is 11.5. The van der Waals surface area contributed by atoms with Crippen LogP contribution in [0.2, 0.25) is 0 Å². The Kier molecular flexibility index (Phi) is 9.89. The van der Waals surface area contributed by atoms with Crippen molar-refractivity contribution in [2.45, 2.75) is 105 Å². The van der Waals surface area contributed by atoms with Crippen LogP contribution < -0.4 is 20.7 Å². The largest absolute Gasteiger partial charge is 0.440 e. The third kappa shape index (κ3) is 7.09. The Morgan fingerprint density at radius 1 is 0.451 bits per heavy atom. The number of hydrogen-bond donors (Lipinski definition) is 0. The van der Waals surface area contributed by atoms with E-state index >= 15 is 0 Å². The molecule has 0 fully saturated rings. The third-order valence-electron chi connectivity index (χ3n) is 15.4. The number of benzene rings is 8. The number of anilines is 6. The van der Waals surface area contributed by atoms with Crippen molar-refractivity contribution in [3.05, 3.63) is 192 Å². The van der Waals surface area contributed by atoms with Crippen LogP contribution in [-0.2, 0) is 21.7 Å². The van der Waals surface area contributed by atoms with E-state index in [0.717, 1.165) is 39.6 Å². The van der Waals surface area contributed by atoms with Gasteiger partial charge in [0.15, 0.2) is 0 Å². The first kappa shape index (κ1) is 44.9. The van der Waals surface area contributed by atoms with Crippen molar-refractivity contribution >= 4 is 84.9 Å². The van der Waals surface area contributed by atoms with Crippen molar-refractivity contribution in [2.75, 3.05) is 9.80 Å². The predicted octanol–water partition coefficient (Wildman–Crippen LogP) is 17.3. The van der Waals surface area contributed by atoms with Gasteiger partial charge in [0.1, 0.15) is 5.58 Å². The van der Waals surface area contributed by atoms with Crippen LogP contribution in [0.25, 0.3) is 55.0 Å². The van der Waals surface area contributed by atoms with Gasteiger partial charge < -0.3 is 13.8 Å². The Morgan fingerprint density at radius 3 is 1.70 bits per heavy atom. The maximum absolute atomic E-state index is 7.37. The smallest absolute Gasteiger partial charge is 0.337 e. The average Bonchev–Trinajstić information content (AvgIpc) is 3.89. The highest BCUT2D eigenvalue weighted by molar-refractivity contribution is 6.91. The summed E-state index contributed by atoms with van der Waals surface area (Å²) in [6, 6.07) is 64.0. The molecule has 0 bridgehead atoms. The van der Waals surface area contributed by atoms with E-state index in [0.29, 0.717) is 0 Å². The van der Waals surface area contributed by atoms with Gasteiger partial charge in [-0.25, -0.2) is 0 Å². The van der Waals surface area contributed by atoms with Crippen LogP contribution in [0.3, 0.4) is 0 Å². The summed E-state index contributed by atoms with van der Waals surface area (Å²) >= 11 is 0. The van der Waals surface area contributed by atoms with E-state index in [1.54, 1.807) is 0 Å². The van der Waals surface area contributed by atoms with Crippen molar-refractivity contribution in [3.63, 3.8) is 0 Å². The molecule has 10 aromatic rings. The number of fused-ring (bicyclic) bond motifs is 9. The summed E-state index contributed by atoms with van der Waals surface area (Å²) in [7, 11) is 0. The van der Waals surface area contributed by atoms with E-state index < -0.39 is 0 Å². The fraction of sp³-hybridized carbons (Fsp3) is 0.242. The third-order valence-corrected chi connectivity index (χ3v) is 15.4. The first-order valence-corrected chi connectivity index (χ1v) is 25.5. The molecule has 0 spiro atoms. The molecule has 4 nitrogen and oxygen atoms in total. The van der Waals surface area contributed by atoms with E-state index in [2.05, 4.69) is 267 Å². The Labute approximate surface area is 420 Å². The maximum atomic E-state index is 7.37. The monoisotopic (exact) mass is 926 g/mol. The number of hydrogen-bond acceptors (Lipinski definition) is 3. The van der Waals surface area contributed by atoms with Gasteiger partial charge >= 0.3 is 6.85 Å². The molecule has 352 valence electrons. The summed E-state index contributed by atoms with van der Waals surface area (Å²) in [5, 5.41) is 3.65. The normalized spacial score (nSPS) is 13.6. The van der Waals surface area contributed by atoms with Gasteiger partial charge in [0.25, 0.3) is 0 Å². The van der Waals surface area contributed by atoms with E-state index in [1.165, 1.54) is 82.9 Å². The van der Waals surface area contributed by atoms with Crippen LogP contribution in [-0.4, -0.2) is 11.3 Å². The van der Waals surface area contributed by atoms with Gasteiger partial charge in [-0.2, -0.15) is 0 Å². The highest BCUT2D eigenvalue weighted by atomic mass is 16.4. The van der Waals surface area contributed by atoms with Crippen LogP contribution in [0.15, 0.2) is 174 Å². The minimum absolute atomic E-state index is 0.0146. The quantitative estimate of drug-likeness (QED) is 0.161. The molecule has 8 aromatic carbocycles. The minimum atomic E-state index is -0.199. The molecule has 5 heteroatoms. The summed E-state index contributed by atoms with van der Waals surface area (Å²) in [6.45, 7) is 27.7. The van der Waals surface area contributed by atoms with Crippen LogP contribution in [0.1, 0.15) is 105 Å². The van der Waals surface area contributed by atoms with Gasteiger partial charge in [0, 0.05) is 60.8 Å². The lowest BCUT2D eigenvalue weighted by Gasteiger charge is -2.39. The Balaban J connectivity index is 1.26. The molecule has 0 aliphatic carbocycles. The van der Waals surface area contributed by atoms with Gasteiger partial charge in [-0.3, -0.25) is 4.90 Å². The molecule has 0 amide bonds. The fourth-order valence-corrected chi connectivity index (χ4v) is 11.5. The molecule has 0 radical (unpaired) electrons. The SMILES string of the molecule is CC(C)(C)c1ccc(N2c3cc(C(C)(C)C)cc4c3B(c3c2oc2ccc(C(C)(C)C)cc32)n2c3ccc(C(C)(C)C)cc3c3c(N(c5ccccc5)c5ccccc5-c5ccccc5)ccc-4c32)cc1. The van der Waals surface area contributed by atoms with E-state index in [1.807, 2.05) is 0 Å². The summed E-state index contributed by atoms with van der Waals surface area (Å²) in [5.41, 5.74) is 21.3. The van der Waals surface area contributed by atoms with E-state index in [9.17, 15) is 0 Å². The van der Waals surface area contributed by atoms with Crippen LogP contribution in [0.4, 0.5) is 34.3 Å². The molecule has 0 N–H and O–H groups in total. The lowest BCUT2D eigenvalue weighted by atomic mass is 9.45. The van der Waals surface area contributed by atoms with Gasteiger partial charge in [0.2, 0.25) is 5.88 Å². The number of rotatable bonds is 5. The van der Waals surface area contributed by atoms with Crippen molar-refractivity contribution in [1.82, 2.24) is 4.48 Å². The van der Waals surface area contributed by atoms with Crippen molar-refractivity contribution in [3.8, 4) is 22.3 Å². The second-order valence-corrected chi connectivity index (χ2v) is 24.3. The molecule has 2 aliphatic heterocycles. The second-order valence-electron chi connectivity index (χ2n) is 24.3. The molecule has 0 saturated carbocycles. The van der Waals surface area contributed by atoms with E-state index in [4.69, 9.17) is 4.42 Å². The van der Waals surface area contributed by atoms with E-state index in [-0.39, 0.29) is 28.5 Å². The molecule has 2 aliphatic rings. The minimum Gasteiger partial charge on any atom is -0.440 e. The molecule has 2 aromatic heterocycles. The summed E-state index contributed by atoms with van der Waals surface area (Å²) < 4.78 is 10.1. The molecule has 0 atom stereocenters. The summed E-state index contributed by atoms with van der Waals surface area (Å²) in [4.78, 5) is 4.96. The zero-order valence-electron chi connectivity index (χ0n) is 43.5. The van der Waals surface area contributed by atoms with Crippen molar-refractivity contribution in [1.29, 1.82) is 0 Å². The highest BCUT2D eigenvalue weighted by Gasteiger charge is 2.47. The molecule has 0 unspecified atom stereocenters. The molecule has 0 saturated heterocycles. The first-order chi connectivity index (χ1) is 33.8. The topological polar surface area (TPSA) is 24.6 Å². The molecule has 12 rings (SSSR count). The van der Waals surface area contributed by atoms with Crippen molar-refractivity contribution in [2.24, 2.45) is 0 Å². The number of nitrogens with zero attached hydrogens (tertiary/aromatic N) is 3. The zero-order chi connectivity index (χ0) is 49.5. The van der Waals surface area contributed by atoms with Gasteiger partial charge in [-0.05, 0) is 127 Å². The Morgan fingerprint density at radius 2 is 1.04 bits per heavy atom. The molecular weight excluding hydrogens is 862 g/mol. The van der Waals surface area contributed by atoms with Gasteiger partial charge in [-0.1, -0.05) is 186 Å². The lowest BCUT2D eigenvalue weighted by molar-refractivity contribution is 0.588. The first-order valence-electron chi connectivity index (χ1n) is 25.5. The molecule has 4 heterocycles. The lowest BCUT2D eigenvalue weighted by Crippen LogP contribution is -2.56. The molecular formula is C66H64BN3O. The average molecular weight is 926 g/mol. The number of aromatic nitrogens is 1. The number of furan rings is 1. The van der Waals surface area contributed by atoms with Crippen LogP contribution >= 0.6 is 0 Å². The Bertz CT molecular complexity index is 3740. The summed E-state index contributed by atoms with van der Waals surface area (Å²) in [6.07, 6.45) is 0. The highest BCUT2D eigenvalue weighted by Crippen LogP contribution is 2.53. The van der Waals surface area contributed by atoms with Crippen LogP contribution in [0, 0.1) is 0 Å². The predicted molar refractivity (Wildman–Crippen MR) is 305 cm³/mol. The standard InChI is InChI=1S/C66H64BN3O/c1-63(2,3)42-27-31-47(32-28-42)69-56-40-45(66(10,11)12)39-50-49-33-35-55(68(46-23-17-14-18-24-46)53-26-20-19-25-48(53)41-21-15-13-16-22-41)58-51-37-43(64(4,5)6)29-34-54(51)70(61(49)58)67(59(50)56)60-52-38-44(65(7,8)9)30-36-57(52)71-62(60)69/h13-40H,1-12H3. The Hall–Kier alpha value is -7.24.